The smallest absolute Gasteiger partial charge is 0.0224 e. The van der Waals surface area contributed by atoms with Gasteiger partial charge in [0, 0.05) is 37.8 Å². The van der Waals surface area contributed by atoms with Gasteiger partial charge in [-0.15, -0.1) is 0 Å². The summed E-state index contributed by atoms with van der Waals surface area (Å²) >= 11 is 0. The van der Waals surface area contributed by atoms with Gasteiger partial charge < -0.3 is 5.32 Å². The summed E-state index contributed by atoms with van der Waals surface area (Å²) in [4.78, 5) is 5.50. The Morgan fingerprint density at radius 3 is 2.63 bits per heavy atom. The molecule has 0 amide bonds. The fraction of sp³-hybridized carbons (Fsp3) is 1.00. The highest BCUT2D eigenvalue weighted by Crippen LogP contribution is 2.30. The van der Waals surface area contributed by atoms with Crippen LogP contribution < -0.4 is 5.32 Å². The van der Waals surface area contributed by atoms with Gasteiger partial charge in [0.25, 0.3) is 0 Å². The number of rotatable bonds is 4. The van der Waals surface area contributed by atoms with Crippen molar-refractivity contribution >= 4 is 0 Å². The normalized spacial score (nSPS) is 35.7. The summed E-state index contributed by atoms with van der Waals surface area (Å²) in [5, 5.41) is 3.62. The molecule has 0 spiro atoms. The minimum atomic E-state index is 0.720. The predicted octanol–water partition coefficient (Wildman–Crippen LogP) is 1.93. The van der Waals surface area contributed by atoms with E-state index in [1.807, 2.05) is 0 Å². The minimum absolute atomic E-state index is 0.720. The lowest BCUT2D eigenvalue weighted by atomic mass is 9.96. The standard InChI is InChI=1S/C16H31N3/c1-13-10-18-9-5-8-15(18)11-19(13)12-16(17-2)14-6-3-4-7-14/h13-17H,3-12H2,1-2H3. The van der Waals surface area contributed by atoms with E-state index < -0.39 is 0 Å². The van der Waals surface area contributed by atoms with Crippen molar-refractivity contribution in [2.75, 3.05) is 33.2 Å². The van der Waals surface area contributed by atoms with Crippen LogP contribution in [0.4, 0.5) is 0 Å². The van der Waals surface area contributed by atoms with Gasteiger partial charge in [-0.25, -0.2) is 0 Å². The van der Waals surface area contributed by atoms with Gasteiger partial charge in [0.2, 0.25) is 0 Å². The molecule has 3 aliphatic rings. The third-order valence-corrected chi connectivity index (χ3v) is 5.84. The molecule has 0 aromatic carbocycles. The molecule has 0 radical (unpaired) electrons. The summed E-state index contributed by atoms with van der Waals surface area (Å²) in [6.07, 6.45) is 8.65. The maximum absolute atomic E-state index is 3.62. The molecular weight excluding hydrogens is 234 g/mol. The number of likely N-dealkylation sites (N-methyl/N-ethyl adjacent to an activating group) is 1. The minimum Gasteiger partial charge on any atom is -0.315 e. The molecule has 3 fully saturated rings. The second-order valence-electron chi connectivity index (χ2n) is 7.03. The van der Waals surface area contributed by atoms with Crippen molar-refractivity contribution in [1.29, 1.82) is 0 Å². The molecule has 0 bridgehead atoms. The first kappa shape index (κ1) is 13.8. The van der Waals surface area contributed by atoms with Gasteiger partial charge in [0.15, 0.2) is 0 Å². The van der Waals surface area contributed by atoms with E-state index in [1.54, 1.807) is 0 Å². The molecular formula is C16H31N3. The SMILES string of the molecule is CNC(CN1CC2CCCN2CC1C)C1CCCC1. The van der Waals surface area contributed by atoms with Crippen LogP contribution in [0.2, 0.25) is 0 Å². The molecule has 3 unspecified atom stereocenters. The van der Waals surface area contributed by atoms with Crippen LogP contribution in [-0.4, -0.2) is 61.2 Å². The van der Waals surface area contributed by atoms with Crippen LogP contribution in [0.25, 0.3) is 0 Å². The predicted molar refractivity (Wildman–Crippen MR) is 80.4 cm³/mol. The third-order valence-electron chi connectivity index (χ3n) is 5.84. The highest BCUT2D eigenvalue weighted by molar-refractivity contribution is 4.93. The zero-order chi connectivity index (χ0) is 13.2. The van der Waals surface area contributed by atoms with Crippen LogP contribution in [0.1, 0.15) is 45.4 Å². The van der Waals surface area contributed by atoms with Crippen molar-refractivity contribution < 1.29 is 0 Å². The highest BCUT2D eigenvalue weighted by atomic mass is 15.3. The van der Waals surface area contributed by atoms with Crippen molar-refractivity contribution in [3.8, 4) is 0 Å². The molecule has 110 valence electrons. The van der Waals surface area contributed by atoms with Gasteiger partial charge >= 0.3 is 0 Å². The van der Waals surface area contributed by atoms with E-state index in [0.29, 0.717) is 0 Å². The van der Waals surface area contributed by atoms with Gasteiger partial charge in [0.05, 0.1) is 0 Å². The van der Waals surface area contributed by atoms with Crippen LogP contribution in [0.3, 0.4) is 0 Å². The molecule has 1 aliphatic carbocycles. The molecule has 19 heavy (non-hydrogen) atoms. The quantitative estimate of drug-likeness (QED) is 0.838. The summed E-state index contributed by atoms with van der Waals surface area (Å²) in [5.74, 6) is 0.929. The van der Waals surface area contributed by atoms with Crippen LogP contribution in [0, 0.1) is 5.92 Å². The molecule has 1 saturated carbocycles. The van der Waals surface area contributed by atoms with E-state index in [-0.39, 0.29) is 0 Å². The van der Waals surface area contributed by atoms with Gasteiger partial charge in [0.1, 0.15) is 0 Å². The van der Waals surface area contributed by atoms with Crippen molar-refractivity contribution in [2.24, 2.45) is 5.92 Å². The lowest BCUT2D eigenvalue weighted by Gasteiger charge is -2.44. The largest absolute Gasteiger partial charge is 0.315 e. The first-order valence-electron chi connectivity index (χ1n) is 8.43. The topological polar surface area (TPSA) is 18.5 Å². The van der Waals surface area contributed by atoms with Gasteiger partial charge in [-0.2, -0.15) is 0 Å². The maximum atomic E-state index is 3.62. The fourth-order valence-electron chi connectivity index (χ4n) is 4.59. The molecule has 3 rings (SSSR count). The van der Waals surface area contributed by atoms with E-state index in [2.05, 4.69) is 29.1 Å². The number of nitrogens with zero attached hydrogens (tertiary/aromatic N) is 2. The molecule has 0 aromatic heterocycles. The molecule has 0 aromatic rings. The Labute approximate surface area is 118 Å². The second kappa shape index (κ2) is 6.11. The Kier molecular flexibility index (Phi) is 4.45. The molecule has 2 aliphatic heterocycles. The first-order chi connectivity index (χ1) is 9.28. The Hall–Kier alpha value is -0.120. The lowest BCUT2D eigenvalue weighted by Crippen LogP contribution is -2.58. The van der Waals surface area contributed by atoms with Crippen LogP contribution in [0.15, 0.2) is 0 Å². The molecule has 1 N–H and O–H groups in total. The number of piperazine rings is 1. The molecule has 2 saturated heterocycles. The number of fused-ring (bicyclic) bond motifs is 1. The molecule has 3 atom stereocenters. The van der Waals surface area contributed by atoms with E-state index in [4.69, 9.17) is 0 Å². The Morgan fingerprint density at radius 1 is 1.11 bits per heavy atom. The third kappa shape index (κ3) is 2.98. The van der Waals surface area contributed by atoms with Crippen LogP contribution in [-0.2, 0) is 0 Å². The van der Waals surface area contributed by atoms with E-state index >= 15 is 0 Å². The molecule has 3 heteroatoms. The Balaban J connectivity index is 1.58. The highest BCUT2D eigenvalue weighted by Gasteiger charge is 2.36. The molecule has 3 nitrogen and oxygen atoms in total. The Bertz CT molecular complexity index is 288. The van der Waals surface area contributed by atoms with Gasteiger partial charge in [-0.1, -0.05) is 12.8 Å². The summed E-state index contributed by atoms with van der Waals surface area (Å²) in [5.41, 5.74) is 0. The second-order valence-corrected chi connectivity index (χ2v) is 7.03. The zero-order valence-corrected chi connectivity index (χ0v) is 12.8. The summed E-state index contributed by atoms with van der Waals surface area (Å²) in [6, 6.07) is 2.32. The zero-order valence-electron chi connectivity index (χ0n) is 12.8. The maximum Gasteiger partial charge on any atom is 0.0224 e. The molecule has 2 heterocycles. The van der Waals surface area contributed by atoms with Gasteiger partial charge in [-0.3, -0.25) is 9.80 Å². The first-order valence-corrected chi connectivity index (χ1v) is 8.43. The van der Waals surface area contributed by atoms with Crippen LogP contribution in [0.5, 0.6) is 0 Å². The fourth-order valence-corrected chi connectivity index (χ4v) is 4.59. The van der Waals surface area contributed by atoms with Crippen molar-refractivity contribution in [3.05, 3.63) is 0 Å². The van der Waals surface area contributed by atoms with Crippen molar-refractivity contribution in [2.45, 2.75) is 63.6 Å². The Morgan fingerprint density at radius 2 is 1.89 bits per heavy atom. The van der Waals surface area contributed by atoms with E-state index in [9.17, 15) is 0 Å². The number of hydrogen-bond donors (Lipinski definition) is 1. The number of hydrogen-bond acceptors (Lipinski definition) is 3. The summed E-state index contributed by atoms with van der Waals surface area (Å²) < 4.78 is 0. The van der Waals surface area contributed by atoms with Crippen molar-refractivity contribution in [1.82, 2.24) is 15.1 Å². The van der Waals surface area contributed by atoms with E-state index in [1.165, 1.54) is 64.7 Å². The average molecular weight is 265 g/mol. The van der Waals surface area contributed by atoms with Crippen molar-refractivity contribution in [3.63, 3.8) is 0 Å². The van der Waals surface area contributed by atoms with E-state index in [0.717, 1.165) is 24.0 Å². The number of nitrogens with one attached hydrogen (secondary N) is 1. The summed E-state index contributed by atoms with van der Waals surface area (Å²) in [6.45, 7) is 7.65. The summed E-state index contributed by atoms with van der Waals surface area (Å²) in [7, 11) is 2.17. The average Bonchev–Trinajstić information content (AvgIpc) is 3.06. The lowest BCUT2D eigenvalue weighted by molar-refractivity contribution is 0.0478. The van der Waals surface area contributed by atoms with Crippen LogP contribution >= 0.6 is 0 Å². The van der Waals surface area contributed by atoms with Gasteiger partial charge in [-0.05, 0) is 52.1 Å². The monoisotopic (exact) mass is 265 g/mol.